The van der Waals surface area contributed by atoms with E-state index in [0.717, 1.165) is 5.56 Å². The van der Waals surface area contributed by atoms with Crippen LogP contribution in [0.4, 0.5) is 11.9 Å². The van der Waals surface area contributed by atoms with E-state index in [-0.39, 0.29) is 17.3 Å². The number of nitrogen functional groups attached to an aromatic ring is 1. The Hall–Kier alpha value is -3.14. The largest absolute Gasteiger partial charge is 0.496 e. The molecule has 0 aliphatic heterocycles. The van der Waals surface area contributed by atoms with E-state index in [2.05, 4.69) is 21.0 Å². The van der Waals surface area contributed by atoms with E-state index >= 15 is 0 Å². The maximum absolute atomic E-state index is 9.41. The predicted molar refractivity (Wildman–Crippen MR) is 85.0 cm³/mol. The standard InChI is InChI=1S/C15H16N6O/c1-21(2)15-19-13(18-14(17)20-15)11(9-16)8-10-6-4-5-7-12(10)22-3/h4-8H,1-3H3,(H2,17,18,19,20)/b11-8-. The lowest BCUT2D eigenvalue weighted by atomic mass is 10.1. The fourth-order valence-corrected chi connectivity index (χ4v) is 1.79. The maximum atomic E-state index is 9.41. The topological polar surface area (TPSA) is 101 Å². The number of anilines is 2. The van der Waals surface area contributed by atoms with Crippen LogP contribution in [0.5, 0.6) is 5.75 Å². The highest BCUT2D eigenvalue weighted by molar-refractivity contribution is 5.88. The van der Waals surface area contributed by atoms with Gasteiger partial charge in [-0.1, -0.05) is 18.2 Å². The van der Waals surface area contributed by atoms with Crippen LogP contribution in [-0.4, -0.2) is 36.2 Å². The minimum absolute atomic E-state index is 0.0647. The first-order valence-corrected chi connectivity index (χ1v) is 6.49. The summed E-state index contributed by atoms with van der Waals surface area (Å²) in [6.07, 6.45) is 1.66. The highest BCUT2D eigenvalue weighted by atomic mass is 16.5. The van der Waals surface area contributed by atoms with Gasteiger partial charge in [-0.2, -0.15) is 20.2 Å². The van der Waals surface area contributed by atoms with Gasteiger partial charge >= 0.3 is 0 Å². The molecule has 1 heterocycles. The third-order valence-corrected chi connectivity index (χ3v) is 2.84. The monoisotopic (exact) mass is 296 g/mol. The normalized spacial score (nSPS) is 10.9. The fraction of sp³-hybridized carbons (Fsp3) is 0.200. The summed E-state index contributed by atoms with van der Waals surface area (Å²) in [5.41, 5.74) is 6.72. The molecule has 22 heavy (non-hydrogen) atoms. The molecule has 0 saturated heterocycles. The SMILES string of the molecule is COc1ccccc1/C=C(/C#N)c1nc(N)nc(N(C)C)n1. The molecule has 0 spiro atoms. The van der Waals surface area contributed by atoms with E-state index in [4.69, 9.17) is 10.5 Å². The molecule has 2 N–H and O–H groups in total. The second-order valence-electron chi connectivity index (χ2n) is 4.62. The summed E-state index contributed by atoms with van der Waals surface area (Å²) >= 11 is 0. The summed E-state index contributed by atoms with van der Waals surface area (Å²) in [5, 5.41) is 9.41. The molecule has 0 aliphatic rings. The molecule has 0 unspecified atom stereocenters. The van der Waals surface area contributed by atoms with Crippen LogP contribution in [0.3, 0.4) is 0 Å². The lowest BCUT2D eigenvalue weighted by molar-refractivity contribution is 0.414. The third kappa shape index (κ3) is 3.30. The van der Waals surface area contributed by atoms with Gasteiger partial charge in [0.1, 0.15) is 11.8 Å². The van der Waals surface area contributed by atoms with Crippen molar-refractivity contribution in [2.75, 3.05) is 31.8 Å². The quantitative estimate of drug-likeness (QED) is 0.855. The van der Waals surface area contributed by atoms with Crippen LogP contribution >= 0.6 is 0 Å². The molecule has 0 saturated carbocycles. The zero-order valence-corrected chi connectivity index (χ0v) is 12.6. The number of para-hydroxylation sites is 1. The molecule has 2 rings (SSSR count). The summed E-state index contributed by atoms with van der Waals surface area (Å²) in [5.74, 6) is 1.34. The molecule has 0 atom stereocenters. The Labute approximate surface area is 128 Å². The van der Waals surface area contributed by atoms with Crippen molar-refractivity contribution in [3.8, 4) is 11.8 Å². The number of aromatic nitrogens is 3. The predicted octanol–water partition coefficient (Wildman–Crippen LogP) is 1.59. The zero-order valence-electron chi connectivity index (χ0n) is 12.6. The van der Waals surface area contributed by atoms with Gasteiger partial charge in [-0.3, -0.25) is 0 Å². The van der Waals surface area contributed by atoms with Gasteiger partial charge in [-0.15, -0.1) is 0 Å². The molecular formula is C15H16N6O. The van der Waals surface area contributed by atoms with Crippen molar-refractivity contribution in [2.45, 2.75) is 0 Å². The summed E-state index contributed by atoms with van der Waals surface area (Å²) in [4.78, 5) is 14.0. The first kappa shape index (κ1) is 15.3. The molecule has 7 nitrogen and oxygen atoms in total. The lowest BCUT2D eigenvalue weighted by Gasteiger charge is -2.11. The Morgan fingerprint density at radius 1 is 1.27 bits per heavy atom. The average Bonchev–Trinajstić information content (AvgIpc) is 2.52. The molecule has 0 amide bonds. The number of nitriles is 1. The lowest BCUT2D eigenvalue weighted by Crippen LogP contribution is -2.15. The van der Waals surface area contributed by atoms with Gasteiger partial charge < -0.3 is 15.4 Å². The molecule has 2 aromatic rings. The van der Waals surface area contributed by atoms with Crippen molar-refractivity contribution >= 4 is 23.5 Å². The van der Waals surface area contributed by atoms with Crippen LogP contribution in [0.2, 0.25) is 0 Å². The molecule has 7 heteroatoms. The first-order chi connectivity index (χ1) is 10.5. The average molecular weight is 296 g/mol. The zero-order chi connectivity index (χ0) is 16.1. The van der Waals surface area contributed by atoms with Gasteiger partial charge in [0.2, 0.25) is 11.9 Å². The van der Waals surface area contributed by atoms with Gasteiger partial charge in [0.05, 0.1) is 12.7 Å². The second kappa shape index (κ2) is 6.54. The third-order valence-electron chi connectivity index (χ3n) is 2.84. The Kier molecular flexibility index (Phi) is 4.53. The van der Waals surface area contributed by atoms with Crippen molar-refractivity contribution < 1.29 is 4.74 Å². The number of hydrogen-bond donors (Lipinski definition) is 1. The first-order valence-electron chi connectivity index (χ1n) is 6.49. The van der Waals surface area contributed by atoms with Gasteiger partial charge in [-0.25, -0.2) is 0 Å². The number of methoxy groups -OCH3 is 1. The molecule has 1 aromatic carbocycles. The van der Waals surface area contributed by atoms with E-state index in [1.807, 2.05) is 24.3 Å². The molecule has 1 aromatic heterocycles. The maximum Gasteiger partial charge on any atom is 0.230 e. The second-order valence-corrected chi connectivity index (χ2v) is 4.62. The van der Waals surface area contributed by atoms with Crippen LogP contribution in [-0.2, 0) is 0 Å². The number of allylic oxidation sites excluding steroid dienone is 1. The highest BCUT2D eigenvalue weighted by Crippen LogP contribution is 2.23. The number of nitrogens with two attached hydrogens (primary N) is 1. The number of benzene rings is 1. The van der Waals surface area contributed by atoms with E-state index in [9.17, 15) is 5.26 Å². The van der Waals surface area contributed by atoms with Gasteiger partial charge in [0.25, 0.3) is 0 Å². The van der Waals surface area contributed by atoms with Crippen molar-refractivity contribution in [2.24, 2.45) is 0 Å². The Morgan fingerprint density at radius 3 is 2.64 bits per heavy atom. The number of nitrogens with zero attached hydrogens (tertiary/aromatic N) is 5. The minimum Gasteiger partial charge on any atom is -0.496 e. The molecule has 0 radical (unpaired) electrons. The van der Waals surface area contributed by atoms with Gasteiger partial charge in [0.15, 0.2) is 5.82 Å². The Morgan fingerprint density at radius 2 is 2.00 bits per heavy atom. The number of hydrogen-bond acceptors (Lipinski definition) is 7. The summed E-state index contributed by atoms with van der Waals surface area (Å²) in [6, 6.07) is 9.46. The van der Waals surface area contributed by atoms with E-state index in [0.29, 0.717) is 11.7 Å². The minimum atomic E-state index is 0.0647. The molecule has 0 bridgehead atoms. The summed E-state index contributed by atoms with van der Waals surface area (Å²) < 4.78 is 5.27. The molecule has 0 aliphatic carbocycles. The number of ether oxygens (including phenoxy) is 1. The molecule has 0 fully saturated rings. The Bertz CT molecular complexity index is 748. The van der Waals surface area contributed by atoms with Gasteiger partial charge in [-0.05, 0) is 12.1 Å². The van der Waals surface area contributed by atoms with Gasteiger partial charge in [0, 0.05) is 19.7 Å². The van der Waals surface area contributed by atoms with E-state index in [1.165, 1.54) is 0 Å². The van der Waals surface area contributed by atoms with Crippen LogP contribution < -0.4 is 15.4 Å². The van der Waals surface area contributed by atoms with E-state index in [1.54, 1.807) is 32.2 Å². The van der Waals surface area contributed by atoms with Crippen molar-refractivity contribution in [1.82, 2.24) is 15.0 Å². The Balaban J connectivity index is 2.53. The van der Waals surface area contributed by atoms with Crippen LogP contribution in [0.15, 0.2) is 24.3 Å². The number of rotatable bonds is 4. The van der Waals surface area contributed by atoms with Crippen molar-refractivity contribution in [1.29, 1.82) is 5.26 Å². The van der Waals surface area contributed by atoms with E-state index < -0.39 is 0 Å². The fourth-order valence-electron chi connectivity index (χ4n) is 1.79. The van der Waals surface area contributed by atoms with Crippen molar-refractivity contribution in [3.05, 3.63) is 35.7 Å². The smallest absolute Gasteiger partial charge is 0.230 e. The summed E-state index contributed by atoms with van der Waals surface area (Å²) in [7, 11) is 5.15. The van der Waals surface area contributed by atoms with Crippen LogP contribution in [0, 0.1) is 11.3 Å². The van der Waals surface area contributed by atoms with Crippen molar-refractivity contribution in [3.63, 3.8) is 0 Å². The molecular weight excluding hydrogens is 280 g/mol. The summed E-state index contributed by atoms with van der Waals surface area (Å²) in [6.45, 7) is 0. The molecule has 112 valence electrons. The highest BCUT2D eigenvalue weighted by Gasteiger charge is 2.11. The van der Waals surface area contributed by atoms with Crippen LogP contribution in [0.1, 0.15) is 11.4 Å². The van der Waals surface area contributed by atoms with Crippen LogP contribution in [0.25, 0.3) is 11.6 Å².